The van der Waals surface area contributed by atoms with Crippen LogP contribution >= 0.6 is 0 Å². The molecule has 2 aromatic rings. The number of piperidine rings is 1. The number of nitrogens with zero attached hydrogens (tertiary/aromatic N) is 2. The number of likely N-dealkylation sites (tertiary alicyclic amines) is 1. The van der Waals surface area contributed by atoms with E-state index in [4.69, 9.17) is 0 Å². The maximum absolute atomic E-state index is 13.4. The van der Waals surface area contributed by atoms with Gasteiger partial charge in [0.1, 0.15) is 5.82 Å². The Balaban J connectivity index is 1.76. The Labute approximate surface area is 148 Å². The molecule has 0 N–H and O–H groups in total. The maximum atomic E-state index is 13.4. The van der Waals surface area contributed by atoms with Gasteiger partial charge in [-0.2, -0.15) is 0 Å². The molecule has 1 saturated heterocycles. The number of hydrogen-bond donors (Lipinski definition) is 0. The van der Waals surface area contributed by atoms with E-state index in [9.17, 15) is 9.18 Å². The maximum Gasteiger partial charge on any atom is 0.239 e. The smallest absolute Gasteiger partial charge is 0.239 e. The molecule has 0 radical (unpaired) electrons. The molecule has 0 saturated carbocycles. The van der Waals surface area contributed by atoms with Crippen molar-refractivity contribution in [2.45, 2.75) is 25.7 Å². The fraction of sp³-hybridized carbons (Fsp3) is 0.381. The van der Waals surface area contributed by atoms with Crippen molar-refractivity contribution in [3.05, 3.63) is 59.4 Å². The van der Waals surface area contributed by atoms with E-state index < -0.39 is 0 Å². The average molecular weight is 338 g/mol. The third-order valence-corrected chi connectivity index (χ3v) is 5.56. The van der Waals surface area contributed by atoms with Crippen LogP contribution in [0.3, 0.4) is 0 Å². The number of carbonyl (C=O) groups excluding carboxylic acids is 1. The van der Waals surface area contributed by atoms with Gasteiger partial charge in [-0.15, -0.1) is 0 Å². The summed E-state index contributed by atoms with van der Waals surface area (Å²) in [5.74, 6) is 0.122. The van der Waals surface area contributed by atoms with E-state index >= 15 is 0 Å². The second kappa shape index (κ2) is 6.26. The van der Waals surface area contributed by atoms with Crippen LogP contribution in [0.2, 0.25) is 0 Å². The summed E-state index contributed by atoms with van der Waals surface area (Å²) in [5, 5.41) is 0. The van der Waals surface area contributed by atoms with Crippen molar-refractivity contribution in [2.75, 3.05) is 25.0 Å². The van der Waals surface area contributed by atoms with Gasteiger partial charge < -0.3 is 4.90 Å². The zero-order valence-electron chi connectivity index (χ0n) is 14.7. The third-order valence-electron chi connectivity index (χ3n) is 5.56. The standard InChI is InChI=1S/C21H23FN2O/c1-14-3-8-19-18(13-14)20(15-9-11-23(2)12-10-15)21(25)24(19)17-6-4-16(22)5-7-17/h3-8,13,15,20H,9-12H2,1-2H3. The molecular formula is C21H23FN2O. The van der Waals surface area contributed by atoms with Gasteiger partial charge >= 0.3 is 0 Å². The van der Waals surface area contributed by atoms with Crippen LogP contribution in [0.15, 0.2) is 42.5 Å². The molecule has 2 aliphatic rings. The fourth-order valence-corrected chi connectivity index (χ4v) is 4.19. The predicted octanol–water partition coefficient (Wildman–Crippen LogP) is 4.24. The first-order valence-corrected chi connectivity index (χ1v) is 8.93. The van der Waals surface area contributed by atoms with E-state index in [1.54, 1.807) is 17.0 Å². The van der Waals surface area contributed by atoms with Crippen LogP contribution in [0.5, 0.6) is 0 Å². The molecule has 4 rings (SSSR count). The highest BCUT2D eigenvalue weighted by Crippen LogP contribution is 2.47. The Bertz CT molecular complexity index is 794. The fourth-order valence-electron chi connectivity index (χ4n) is 4.19. The molecule has 1 amide bonds. The van der Waals surface area contributed by atoms with Crippen molar-refractivity contribution in [2.24, 2.45) is 5.92 Å². The van der Waals surface area contributed by atoms with Gasteiger partial charge in [0, 0.05) is 5.69 Å². The Morgan fingerprint density at radius 3 is 2.40 bits per heavy atom. The molecule has 1 unspecified atom stereocenters. The van der Waals surface area contributed by atoms with Crippen molar-refractivity contribution in [3.8, 4) is 0 Å². The summed E-state index contributed by atoms with van der Waals surface area (Å²) in [5.41, 5.74) is 3.99. The zero-order valence-corrected chi connectivity index (χ0v) is 14.7. The van der Waals surface area contributed by atoms with Gasteiger partial charge in [0.05, 0.1) is 11.6 Å². The SMILES string of the molecule is Cc1ccc2c(c1)C(C1CCN(C)CC1)C(=O)N2c1ccc(F)cc1. The van der Waals surface area contributed by atoms with Crippen molar-refractivity contribution in [3.63, 3.8) is 0 Å². The van der Waals surface area contributed by atoms with Gasteiger partial charge in [-0.1, -0.05) is 17.7 Å². The van der Waals surface area contributed by atoms with Gasteiger partial charge in [-0.05, 0) is 81.7 Å². The molecule has 130 valence electrons. The molecule has 2 aliphatic heterocycles. The third kappa shape index (κ3) is 2.85. The van der Waals surface area contributed by atoms with Gasteiger partial charge in [0.2, 0.25) is 5.91 Å². The second-order valence-electron chi connectivity index (χ2n) is 7.33. The van der Waals surface area contributed by atoms with Crippen LogP contribution in [0.25, 0.3) is 0 Å². The van der Waals surface area contributed by atoms with Gasteiger partial charge in [0.15, 0.2) is 0 Å². The first-order valence-electron chi connectivity index (χ1n) is 8.93. The van der Waals surface area contributed by atoms with Crippen LogP contribution in [0.1, 0.15) is 29.9 Å². The summed E-state index contributed by atoms with van der Waals surface area (Å²) in [7, 11) is 2.13. The first-order chi connectivity index (χ1) is 12.0. The normalized spacial score (nSPS) is 21.6. The first kappa shape index (κ1) is 16.3. The molecule has 2 aromatic carbocycles. The molecule has 0 spiro atoms. The number of benzene rings is 2. The lowest BCUT2D eigenvalue weighted by atomic mass is 9.80. The minimum atomic E-state index is -0.286. The van der Waals surface area contributed by atoms with E-state index in [1.165, 1.54) is 17.7 Å². The highest BCUT2D eigenvalue weighted by molar-refractivity contribution is 6.10. The summed E-state index contributed by atoms with van der Waals surface area (Å²) < 4.78 is 13.3. The number of amides is 1. The summed E-state index contributed by atoms with van der Waals surface area (Å²) in [6, 6.07) is 12.4. The molecule has 2 heterocycles. The van der Waals surface area contributed by atoms with E-state index in [2.05, 4.69) is 24.9 Å². The lowest BCUT2D eigenvalue weighted by Crippen LogP contribution is -2.36. The van der Waals surface area contributed by atoms with Crippen LogP contribution < -0.4 is 4.90 Å². The lowest BCUT2D eigenvalue weighted by molar-refractivity contribution is -0.120. The summed E-state index contributed by atoms with van der Waals surface area (Å²) >= 11 is 0. The molecule has 4 heteroatoms. The number of hydrogen-bond acceptors (Lipinski definition) is 2. The van der Waals surface area contributed by atoms with Crippen LogP contribution in [-0.4, -0.2) is 30.9 Å². The Morgan fingerprint density at radius 1 is 1.04 bits per heavy atom. The second-order valence-corrected chi connectivity index (χ2v) is 7.33. The highest BCUT2D eigenvalue weighted by Gasteiger charge is 2.43. The molecule has 1 fully saturated rings. The van der Waals surface area contributed by atoms with Gasteiger partial charge in [-0.3, -0.25) is 9.69 Å². The molecule has 25 heavy (non-hydrogen) atoms. The van der Waals surface area contributed by atoms with Crippen molar-refractivity contribution in [1.29, 1.82) is 0 Å². The summed E-state index contributed by atoms with van der Waals surface area (Å²) in [6.07, 6.45) is 2.08. The topological polar surface area (TPSA) is 23.6 Å². The Morgan fingerprint density at radius 2 is 1.72 bits per heavy atom. The van der Waals surface area contributed by atoms with Gasteiger partial charge in [0.25, 0.3) is 0 Å². The van der Waals surface area contributed by atoms with Crippen LogP contribution in [0.4, 0.5) is 15.8 Å². The van der Waals surface area contributed by atoms with Crippen LogP contribution in [-0.2, 0) is 4.79 Å². The highest BCUT2D eigenvalue weighted by atomic mass is 19.1. The zero-order chi connectivity index (χ0) is 17.6. The number of rotatable bonds is 2. The predicted molar refractivity (Wildman–Crippen MR) is 97.7 cm³/mol. The van der Waals surface area contributed by atoms with Crippen molar-refractivity contribution in [1.82, 2.24) is 4.90 Å². The van der Waals surface area contributed by atoms with Crippen LogP contribution in [0, 0.1) is 18.7 Å². The average Bonchev–Trinajstić information content (AvgIpc) is 2.88. The van der Waals surface area contributed by atoms with Crippen molar-refractivity contribution < 1.29 is 9.18 Å². The van der Waals surface area contributed by atoms with E-state index in [0.29, 0.717) is 5.92 Å². The quantitative estimate of drug-likeness (QED) is 0.818. The Hall–Kier alpha value is -2.20. The molecular weight excluding hydrogens is 315 g/mol. The molecule has 3 nitrogen and oxygen atoms in total. The van der Waals surface area contributed by atoms with Crippen molar-refractivity contribution >= 4 is 17.3 Å². The minimum Gasteiger partial charge on any atom is -0.306 e. The molecule has 1 atom stereocenters. The minimum absolute atomic E-state index is 0.0892. The van der Waals surface area contributed by atoms with E-state index in [0.717, 1.165) is 42.9 Å². The number of carbonyl (C=O) groups is 1. The molecule has 0 aliphatic carbocycles. The number of halogens is 1. The van der Waals surface area contributed by atoms with Gasteiger partial charge in [-0.25, -0.2) is 4.39 Å². The lowest BCUT2D eigenvalue weighted by Gasteiger charge is -2.32. The number of fused-ring (bicyclic) bond motifs is 1. The number of anilines is 2. The van der Waals surface area contributed by atoms with E-state index in [1.807, 2.05) is 12.1 Å². The number of aryl methyl sites for hydroxylation is 1. The van der Waals surface area contributed by atoms with E-state index in [-0.39, 0.29) is 17.6 Å². The summed E-state index contributed by atoms with van der Waals surface area (Å²) in [6.45, 7) is 4.13. The largest absolute Gasteiger partial charge is 0.306 e. The monoisotopic (exact) mass is 338 g/mol. The molecule has 0 aromatic heterocycles. The molecule has 0 bridgehead atoms. The summed E-state index contributed by atoms with van der Waals surface area (Å²) in [4.78, 5) is 17.5. The Kier molecular flexibility index (Phi) is 4.08.